The number of carbonyl (C=O) groups is 1. The van der Waals surface area contributed by atoms with Crippen LogP contribution in [-0.2, 0) is 11.2 Å². The number of amides is 1. The Labute approximate surface area is 155 Å². The van der Waals surface area contributed by atoms with Gasteiger partial charge < -0.3 is 5.32 Å². The molecule has 0 saturated carbocycles. The second-order valence-corrected chi connectivity index (χ2v) is 7.20. The highest BCUT2D eigenvalue weighted by Crippen LogP contribution is 2.26. The largest absolute Gasteiger partial charge is 0.302 e. The highest BCUT2D eigenvalue weighted by atomic mass is 32.1. The van der Waals surface area contributed by atoms with E-state index in [2.05, 4.69) is 21.5 Å². The van der Waals surface area contributed by atoms with E-state index in [0.29, 0.717) is 18.0 Å². The van der Waals surface area contributed by atoms with Gasteiger partial charge in [0.1, 0.15) is 0 Å². The van der Waals surface area contributed by atoms with Crippen LogP contribution in [0.5, 0.6) is 0 Å². The number of para-hydroxylation sites is 1. The molecule has 1 amide bonds. The van der Waals surface area contributed by atoms with Gasteiger partial charge in [-0.25, -0.2) is 9.67 Å². The van der Waals surface area contributed by atoms with E-state index in [0.717, 1.165) is 21.5 Å². The van der Waals surface area contributed by atoms with Crippen molar-refractivity contribution in [1.29, 1.82) is 0 Å². The van der Waals surface area contributed by atoms with Gasteiger partial charge >= 0.3 is 0 Å². The fraction of sp³-hybridized carbons (Fsp3) is 0.150. The summed E-state index contributed by atoms with van der Waals surface area (Å²) < 4.78 is 2.91. The summed E-state index contributed by atoms with van der Waals surface area (Å²) in [5.74, 6) is -0.0340. The van der Waals surface area contributed by atoms with Gasteiger partial charge in [0.25, 0.3) is 0 Å². The molecule has 4 rings (SSSR count). The zero-order valence-electron chi connectivity index (χ0n) is 14.3. The number of rotatable bonds is 5. The molecule has 0 bridgehead atoms. The second kappa shape index (κ2) is 7.09. The lowest BCUT2D eigenvalue weighted by Gasteiger charge is -2.00. The van der Waals surface area contributed by atoms with Gasteiger partial charge in [0.15, 0.2) is 5.13 Å². The zero-order valence-corrected chi connectivity index (χ0v) is 15.2. The van der Waals surface area contributed by atoms with E-state index in [1.807, 2.05) is 60.3 Å². The van der Waals surface area contributed by atoms with E-state index >= 15 is 0 Å². The number of thiazole rings is 1. The first-order valence-electron chi connectivity index (χ1n) is 8.43. The topological polar surface area (TPSA) is 59.8 Å². The molecule has 0 radical (unpaired) electrons. The van der Waals surface area contributed by atoms with Gasteiger partial charge in [-0.05, 0) is 48.7 Å². The van der Waals surface area contributed by atoms with Crippen LogP contribution < -0.4 is 5.32 Å². The standard InChI is InChI=1S/C20H18N4OS/c1-14-7-9-17-18(11-14)26-20(22-17)23-19(25)10-8-15-12-21-24(13-15)16-5-3-2-4-6-16/h2-7,9,11-13H,8,10H2,1H3,(H,22,23,25). The molecule has 5 nitrogen and oxygen atoms in total. The molecule has 1 N–H and O–H groups in total. The van der Waals surface area contributed by atoms with Gasteiger partial charge in [0.05, 0.1) is 22.1 Å². The fourth-order valence-corrected chi connectivity index (χ4v) is 3.72. The Morgan fingerprint density at radius 2 is 2.04 bits per heavy atom. The normalized spacial score (nSPS) is 11.0. The van der Waals surface area contributed by atoms with Crippen molar-refractivity contribution in [3.63, 3.8) is 0 Å². The first-order valence-corrected chi connectivity index (χ1v) is 9.25. The molecule has 0 unspecified atom stereocenters. The van der Waals surface area contributed by atoms with Crippen molar-refractivity contribution < 1.29 is 4.79 Å². The van der Waals surface area contributed by atoms with E-state index in [-0.39, 0.29) is 5.91 Å². The van der Waals surface area contributed by atoms with Gasteiger partial charge in [0.2, 0.25) is 5.91 Å². The van der Waals surface area contributed by atoms with Crippen molar-refractivity contribution in [2.45, 2.75) is 19.8 Å². The maximum absolute atomic E-state index is 12.2. The molecular formula is C20H18N4OS. The van der Waals surface area contributed by atoms with Crippen molar-refractivity contribution in [2.75, 3.05) is 5.32 Å². The van der Waals surface area contributed by atoms with Crippen LogP contribution in [0.2, 0.25) is 0 Å². The summed E-state index contributed by atoms with van der Waals surface area (Å²) >= 11 is 1.50. The van der Waals surface area contributed by atoms with Crippen molar-refractivity contribution in [3.05, 3.63) is 72.1 Å². The number of fused-ring (bicyclic) bond motifs is 1. The van der Waals surface area contributed by atoms with Gasteiger partial charge in [-0.1, -0.05) is 35.6 Å². The lowest BCUT2D eigenvalue weighted by molar-refractivity contribution is -0.116. The number of anilines is 1. The zero-order chi connectivity index (χ0) is 17.9. The van der Waals surface area contributed by atoms with E-state index in [4.69, 9.17) is 0 Å². The number of hydrogen-bond acceptors (Lipinski definition) is 4. The summed E-state index contributed by atoms with van der Waals surface area (Å²) in [6, 6.07) is 16.0. The summed E-state index contributed by atoms with van der Waals surface area (Å²) in [5.41, 5.74) is 4.14. The summed E-state index contributed by atoms with van der Waals surface area (Å²) in [5, 5.41) is 7.91. The second-order valence-electron chi connectivity index (χ2n) is 6.17. The van der Waals surface area contributed by atoms with Crippen LogP contribution in [0, 0.1) is 6.92 Å². The summed E-state index contributed by atoms with van der Waals surface area (Å²) in [7, 11) is 0. The van der Waals surface area contributed by atoms with Gasteiger partial charge in [-0.2, -0.15) is 5.10 Å². The number of aromatic nitrogens is 3. The number of carbonyl (C=O) groups excluding carboxylic acids is 1. The van der Waals surface area contributed by atoms with Crippen LogP contribution in [0.4, 0.5) is 5.13 Å². The Balaban J connectivity index is 1.37. The molecule has 26 heavy (non-hydrogen) atoms. The fourth-order valence-electron chi connectivity index (χ4n) is 2.74. The van der Waals surface area contributed by atoms with Crippen LogP contribution in [0.15, 0.2) is 60.9 Å². The monoisotopic (exact) mass is 362 g/mol. The molecule has 0 aliphatic rings. The van der Waals surface area contributed by atoms with Crippen molar-refractivity contribution in [3.8, 4) is 5.69 Å². The summed E-state index contributed by atoms with van der Waals surface area (Å²) in [6.07, 6.45) is 4.81. The molecule has 0 aliphatic carbocycles. The molecule has 0 spiro atoms. The molecule has 0 saturated heterocycles. The van der Waals surface area contributed by atoms with E-state index in [1.54, 1.807) is 6.20 Å². The van der Waals surface area contributed by atoms with Gasteiger partial charge in [-0.3, -0.25) is 4.79 Å². The maximum atomic E-state index is 12.2. The highest BCUT2D eigenvalue weighted by Gasteiger charge is 2.09. The Bertz CT molecular complexity index is 1050. The van der Waals surface area contributed by atoms with Gasteiger partial charge in [0, 0.05) is 12.6 Å². The lowest BCUT2D eigenvalue weighted by Crippen LogP contribution is -2.11. The van der Waals surface area contributed by atoms with Crippen molar-refractivity contribution >= 4 is 32.6 Å². The molecule has 2 aromatic carbocycles. The minimum atomic E-state index is -0.0340. The maximum Gasteiger partial charge on any atom is 0.226 e. The number of nitrogens with zero attached hydrogens (tertiary/aromatic N) is 3. The highest BCUT2D eigenvalue weighted by molar-refractivity contribution is 7.22. The van der Waals surface area contributed by atoms with E-state index < -0.39 is 0 Å². The first kappa shape index (κ1) is 16.5. The minimum Gasteiger partial charge on any atom is -0.302 e. The smallest absolute Gasteiger partial charge is 0.226 e. The molecular weight excluding hydrogens is 344 g/mol. The van der Waals surface area contributed by atoms with Crippen LogP contribution in [0.3, 0.4) is 0 Å². The van der Waals surface area contributed by atoms with Crippen molar-refractivity contribution in [2.24, 2.45) is 0 Å². The summed E-state index contributed by atoms with van der Waals surface area (Å²) in [6.45, 7) is 2.05. The predicted octanol–water partition coefficient (Wildman–Crippen LogP) is 4.36. The molecule has 2 heterocycles. The minimum absolute atomic E-state index is 0.0340. The molecule has 130 valence electrons. The van der Waals surface area contributed by atoms with Crippen molar-refractivity contribution in [1.82, 2.24) is 14.8 Å². The van der Waals surface area contributed by atoms with Crippen LogP contribution in [0.1, 0.15) is 17.5 Å². The average molecular weight is 362 g/mol. The van der Waals surface area contributed by atoms with E-state index in [9.17, 15) is 4.79 Å². The quantitative estimate of drug-likeness (QED) is 0.574. The lowest BCUT2D eigenvalue weighted by atomic mass is 10.2. The molecule has 6 heteroatoms. The molecule has 0 aliphatic heterocycles. The number of hydrogen-bond donors (Lipinski definition) is 1. The first-order chi connectivity index (χ1) is 12.7. The Kier molecular flexibility index (Phi) is 4.50. The SMILES string of the molecule is Cc1ccc2nc(NC(=O)CCc3cnn(-c4ccccc4)c3)sc2c1. The Morgan fingerprint density at radius 1 is 1.19 bits per heavy atom. The van der Waals surface area contributed by atoms with Crippen LogP contribution in [0.25, 0.3) is 15.9 Å². The average Bonchev–Trinajstić information content (AvgIpc) is 3.27. The Morgan fingerprint density at radius 3 is 2.88 bits per heavy atom. The third kappa shape index (κ3) is 3.65. The van der Waals surface area contributed by atoms with Gasteiger partial charge in [-0.15, -0.1) is 0 Å². The molecule has 2 aromatic heterocycles. The number of aryl methyl sites for hydroxylation is 2. The Hall–Kier alpha value is -2.99. The predicted molar refractivity (Wildman–Crippen MR) is 105 cm³/mol. The number of nitrogens with one attached hydrogen (secondary N) is 1. The van der Waals surface area contributed by atoms with Crippen LogP contribution in [-0.4, -0.2) is 20.7 Å². The third-order valence-corrected chi connectivity index (χ3v) is 5.02. The molecule has 0 atom stereocenters. The van der Waals surface area contributed by atoms with E-state index in [1.165, 1.54) is 16.9 Å². The third-order valence-electron chi connectivity index (χ3n) is 4.09. The number of benzene rings is 2. The van der Waals surface area contributed by atoms with Crippen LogP contribution >= 0.6 is 11.3 Å². The molecule has 0 fully saturated rings. The molecule has 4 aromatic rings. The summed E-state index contributed by atoms with van der Waals surface area (Å²) in [4.78, 5) is 16.7.